The van der Waals surface area contributed by atoms with Gasteiger partial charge < -0.3 is 24.3 Å². The minimum atomic E-state index is -0.994. The number of carbonyl (C=O) groups is 1. The number of aromatic amines is 1. The van der Waals surface area contributed by atoms with Gasteiger partial charge in [-0.2, -0.15) is 5.10 Å². The maximum atomic E-state index is 12.5. The Morgan fingerprint density at radius 3 is 2.38 bits per heavy atom. The lowest BCUT2D eigenvalue weighted by Crippen LogP contribution is -2.04. The Morgan fingerprint density at radius 1 is 0.812 bits per heavy atom. The molecule has 0 saturated carbocycles. The fourth-order valence-electron chi connectivity index (χ4n) is 6.21. The molecule has 0 fully saturated rings. The Balaban J connectivity index is 1.13. The van der Waals surface area contributed by atoms with Crippen LogP contribution in [0.4, 0.5) is 0 Å². The SMILES string of the molecule is Cc1c(-c2cccc3c(CCCOc4cccc5ccccc45)c(C(=O)O)[nH]c23)c(COc2cccc(Oc3ccccc3)c2)nn1C. The highest BCUT2D eigenvalue weighted by molar-refractivity contribution is 6.03. The number of nitrogens with zero attached hydrogens (tertiary/aromatic N) is 2. The number of aryl methyl sites for hydroxylation is 2. The largest absolute Gasteiger partial charge is 0.493 e. The molecule has 8 heteroatoms. The maximum Gasteiger partial charge on any atom is 0.352 e. The normalized spacial score (nSPS) is 11.2. The molecule has 0 unspecified atom stereocenters. The molecule has 2 heterocycles. The third kappa shape index (κ3) is 6.20. The van der Waals surface area contributed by atoms with Crippen LogP contribution in [-0.4, -0.2) is 32.4 Å². The van der Waals surface area contributed by atoms with Crippen molar-refractivity contribution in [2.24, 2.45) is 7.05 Å². The van der Waals surface area contributed by atoms with Crippen LogP contribution in [0.5, 0.6) is 23.0 Å². The van der Waals surface area contributed by atoms with Gasteiger partial charge in [-0.3, -0.25) is 4.68 Å². The van der Waals surface area contributed by atoms with Gasteiger partial charge in [-0.15, -0.1) is 0 Å². The number of nitrogens with one attached hydrogen (secondary N) is 1. The van der Waals surface area contributed by atoms with E-state index in [1.165, 1.54) is 0 Å². The quantitative estimate of drug-likeness (QED) is 0.130. The van der Waals surface area contributed by atoms with Crippen LogP contribution in [-0.2, 0) is 20.1 Å². The van der Waals surface area contributed by atoms with E-state index in [1.807, 2.05) is 122 Å². The summed E-state index contributed by atoms with van der Waals surface area (Å²) < 4.78 is 20.2. The predicted molar refractivity (Wildman–Crippen MR) is 187 cm³/mol. The number of ether oxygens (including phenoxy) is 3. The number of rotatable bonds is 12. The van der Waals surface area contributed by atoms with Crippen LogP contribution in [0.25, 0.3) is 32.8 Å². The summed E-state index contributed by atoms with van der Waals surface area (Å²) in [4.78, 5) is 15.7. The summed E-state index contributed by atoms with van der Waals surface area (Å²) in [6, 6.07) is 37.2. The molecule has 0 saturated heterocycles. The van der Waals surface area contributed by atoms with E-state index in [4.69, 9.17) is 19.3 Å². The number of fused-ring (bicyclic) bond motifs is 2. The van der Waals surface area contributed by atoms with E-state index >= 15 is 0 Å². The topological polar surface area (TPSA) is 98.6 Å². The summed E-state index contributed by atoms with van der Waals surface area (Å²) in [6.07, 6.45) is 1.19. The van der Waals surface area contributed by atoms with Gasteiger partial charge in [-0.25, -0.2) is 4.79 Å². The van der Waals surface area contributed by atoms with Crippen molar-refractivity contribution >= 4 is 27.6 Å². The number of hydrogen-bond acceptors (Lipinski definition) is 5. The molecule has 0 atom stereocenters. The van der Waals surface area contributed by atoms with Gasteiger partial charge in [0.25, 0.3) is 0 Å². The Bertz CT molecular complexity index is 2230. The second kappa shape index (κ2) is 13.4. The van der Waals surface area contributed by atoms with Crippen LogP contribution in [0, 0.1) is 6.92 Å². The highest BCUT2D eigenvalue weighted by Gasteiger charge is 2.23. The first-order chi connectivity index (χ1) is 23.5. The number of hydrogen-bond donors (Lipinski definition) is 2. The minimum Gasteiger partial charge on any atom is -0.493 e. The molecule has 0 aliphatic rings. The summed E-state index contributed by atoms with van der Waals surface area (Å²) in [5.41, 5.74) is 5.18. The highest BCUT2D eigenvalue weighted by atomic mass is 16.5. The molecular weight excluding hydrogens is 602 g/mol. The van der Waals surface area contributed by atoms with E-state index in [0.717, 1.165) is 61.3 Å². The molecule has 0 aliphatic heterocycles. The van der Waals surface area contributed by atoms with Crippen LogP contribution in [0.1, 0.15) is 33.9 Å². The van der Waals surface area contributed by atoms with Crippen LogP contribution in [0.15, 0.2) is 115 Å². The molecule has 0 amide bonds. The Morgan fingerprint density at radius 2 is 1.52 bits per heavy atom. The number of para-hydroxylation sites is 2. The molecule has 5 aromatic carbocycles. The number of aromatic carboxylic acids is 1. The van der Waals surface area contributed by atoms with Crippen molar-refractivity contribution < 1.29 is 24.1 Å². The van der Waals surface area contributed by atoms with E-state index in [1.54, 1.807) is 0 Å². The van der Waals surface area contributed by atoms with Crippen LogP contribution in [0.2, 0.25) is 0 Å². The fourth-order valence-corrected chi connectivity index (χ4v) is 6.21. The summed E-state index contributed by atoms with van der Waals surface area (Å²) >= 11 is 0. The van der Waals surface area contributed by atoms with Crippen molar-refractivity contribution in [3.63, 3.8) is 0 Å². The molecule has 0 aliphatic carbocycles. The maximum absolute atomic E-state index is 12.5. The molecule has 8 nitrogen and oxygen atoms in total. The molecule has 2 N–H and O–H groups in total. The second-order valence-corrected chi connectivity index (χ2v) is 11.7. The van der Waals surface area contributed by atoms with Gasteiger partial charge in [0.05, 0.1) is 12.1 Å². The van der Waals surface area contributed by atoms with Gasteiger partial charge in [0, 0.05) is 40.7 Å². The van der Waals surface area contributed by atoms with E-state index in [2.05, 4.69) is 17.1 Å². The summed E-state index contributed by atoms with van der Waals surface area (Å²) in [5.74, 6) is 1.89. The third-order valence-electron chi connectivity index (χ3n) is 8.57. The second-order valence-electron chi connectivity index (χ2n) is 11.7. The lowest BCUT2D eigenvalue weighted by Gasteiger charge is -2.11. The third-order valence-corrected chi connectivity index (χ3v) is 8.57. The van der Waals surface area contributed by atoms with Crippen LogP contribution < -0.4 is 14.2 Å². The molecule has 0 spiro atoms. The number of carboxylic acid groups (broad SMARTS) is 1. The standard InChI is InChI=1S/C40H35N3O5/c1-26-37(35(42-43(26)2)25-47-29-16-9-17-30(24-29)48-28-14-4-3-5-15-28)34-20-10-19-32-33(39(40(44)45)41-38(32)34)21-11-23-46-36-22-8-13-27-12-6-7-18-31(27)36/h3-10,12-20,22,24,41H,11,21,23,25H2,1-2H3,(H,44,45). The van der Waals surface area contributed by atoms with Crippen molar-refractivity contribution in [2.45, 2.75) is 26.4 Å². The molecule has 48 heavy (non-hydrogen) atoms. The van der Waals surface area contributed by atoms with E-state index in [9.17, 15) is 9.90 Å². The minimum absolute atomic E-state index is 0.192. The molecule has 2 aromatic heterocycles. The first-order valence-electron chi connectivity index (χ1n) is 15.9. The average Bonchev–Trinajstić information content (AvgIpc) is 3.62. The van der Waals surface area contributed by atoms with Gasteiger partial charge in [-0.05, 0) is 61.0 Å². The average molecular weight is 638 g/mol. The predicted octanol–water partition coefficient (Wildman–Crippen LogP) is 9.11. The van der Waals surface area contributed by atoms with Crippen LogP contribution in [0.3, 0.4) is 0 Å². The number of aromatic nitrogens is 3. The Kier molecular flexibility index (Phi) is 8.53. The summed E-state index contributed by atoms with van der Waals surface area (Å²) in [5, 5.41) is 18.0. The number of carboxylic acids is 1. The zero-order chi connectivity index (χ0) is 33.0. The van der Waals surface area contributed by atoms with E-state index < -0.39 is 5.97 Å². The Hall–Kier alpha value is -6.02. The lowest BCUT2D eigenvalue weighted by molar-refractivity contribution is 0.0690. The van der Waals surface area contributed by atoms with E-state index in [-0.39, 0.29) is 12.3 Å². The smallest absolute Gasteiger partial charge is 0.352 e. The molecule has 0 radical (unpaired) electrons. The molecule has 7 rings (SSSR count). The first-order valence-corrected chi connectivity index (χ1v) is 15.9. The van der Waals surface area contributed by atoms with Crippen molar-refractivity contribution in [3.05, 3.63) is 138 Å². The van der Waals surface area contributed by atoms with Crippen molar-refractivity contribution in [1.29, 1.82) is 0 Å². The van der Waals surface area contributed by atoms with Crippen molar-refractivity contribution in [3.8, 4) is 34.1 Å². The highest BCUT2D eigenvalue weighted by Crippen LogP contribution is 2.37. The van der Waals surface area contributed by atoms with E-state index in [0.29, 0.717) is 30.9 Å². The van der Waals surface area contributed by atoms with Gasteiger partial charge in [0.15, 0.2) is 0 Å². The van der Waals surface area contributed by atoms with Crippen LogP contribution >= 0.6 is 0 Å². The molecule has 7 aromatic rings. The number of benzene rings is 5. The Labute approximate surface area is 278 Å². The van der Waals surface area contributed by atoms with Crippen molar-refractivity contribution in [2.75, 3.05) is 6.61 Å². The summed E-state index contributed by atoms with van der Waals surface area (Å²) in [6.45, 7) is 2.68. The molecule has 240 valence electrons. The summed E-state index contributed by atoms with van der Waals surface area (Å²) in [7, 11) is 1.90. The van der Waals surface area contributed by atoms with Gasteiger partial charge in [0.1, 0.15) is 41.0 Å². The fraction of sp³-hybridized carbons (Fsp3) is 0.150. The van der Waals surface area contributed by atoms with Crippen molar-refractivity contribution in [1.82, 2.24) is 14.8 Å². The lowest BCUT2D eigenvalue weighted by atomic mass is 9.98. The zero-order valence-electron chi connectivity index (χ0n) is 26.8. The monoisotopic (exact) mass is 637 g/mol. The van der Waals surface area contributed by atoms with Gasteiger partial charge in [0.2, 0.25) is 0 Å². The zero-order valence-corrected chi connectivity index (χ0v) is 26.8. The molecule has 0 bridgehead atoms. The van der Waals surface area contributed by atoms with Gasteiger partial charge in [-0.1, -0.05) is 78.9 Å². The number of H-pyrrole nitrogens is 1. The van der Waals surface area contributed by atoms with Gasteiger partial charge >= 0.3 is 5.97 Å². The first kappa shape index (κ1) is 30.6. The molecular formula is C40H35N3O5.